The maximum absolute atomic E-state index is 12.9. The third kappa shape index (κ3) is 60.0. The largest absolute Gasteiger partial charge is 0.462 e. The first-order valence-corrected chi connectivity index (χ1v) is 32.3. The van der Waals surface area contributed by atoms with Crippen LogP contribution >= 0.6 is 0 Å². The summed E-state index contributed by atoms with van der Waals surface area (Å²) < 4.78 is 16.8. The van der Waals surface area contributed by atoms with Crippen LogP contribution in [0.2, 0.25) is 0 Å². The van der Waals surface area contributed by atoms with Crippen LogP contribution in [0, 0.1) is 0 Å². The van der Waals surface area contributed by atoms with E-state index in [0.29, 0.717) is 12.8 Å². The first-order chi connectivity index (χ1) is 36.5. The standard InChI is InChI=1S/C68H122O6/c1-4-7-10-13-16-19-22-25-28-30-32-33-34-36-37-40-43-46-49-52-55-58-61-67(70)73-64-65(63-72-66(69)60-57-54-51-48-45-42-39-27-24-21-18-15-12-9-6-3)74-68(71)62-59-56-53-50-47-44-41-38-35-31-29-26-23-20-17-14-11-8-5-2/h9,12,18,21,27,39,45,48,54,57,65H,4-8,10-11,13-17,19-20,22-26,28-38,40-44,46-47,49-53,55-56,58-64H2,1-3H3/b12-9-,21-18-,39-27-,48-45-,57-54-. The van der Waals surface area contributed by atoms with Gasteiger partial charge in [-0.3, -0.25) is 14.4 Å². The molecular weight excluding hydrogens is 913 g/mol. The van der Waals surface area contributed by atoms with E-state index in [2.05, 4.69) is 69.4 Å². The average Bonchev–Trinajstić information content (AvgIpc) is 3.40. The lowest BCUT2D eigenvalue weighted by Gasteiger charge is -2.18. The predicted molar refractivity (Wildman–Crippen MR) is 321 cm³/mol. The minimum atomic E-state index is -0.811. The van der Waals surface area contributed by atoms with Crippen molar-refractivity contribution in [2.75, 3.05) is 13.2 Å². The van der Waals surface area contributed by atoms with Crippen molar-refractivity contribution in [3.63, 3.8) is 0 Å². The molecule has 430 valence electrons. The Kier molecular flexibility index (Phi) is 60.2. The van der Waals surface area contributed by atoms with Crippen LogP contribution in [0.15, 0.2) is 60.8 Å². The van der Waals surface area contributed by atoms with Crippen molar-refractivity contribution in [1.29, 1.82) is 0 Å². The number of allylic oxidation sites excluding steroid dienone is 9. The minimum Gasteiger partial charge on any atom is -0.462 e. The van der Waals surface area contributed by atoms with Crippen molar-refractivity contribution in [1.82, 2.24) is 0 Å². The summed E-state index contributed by atoms with van der Waals surface area (Å²) in [6, 6.07) is 0. The van der Waals surface area contributed by atoms with E-state index >= 15 is 0 Å². The van der Waals surface area contributed by atoms with E-state index in [0.717, 1.165) is 70.6 Å². The number of rotatable bonds is 59. The Hall–Kier alpha value is -2.89. The Morgan fingerprint density at radius 3 is 0.824 bits per heavy atom. The van der Waals surface area contributed by atoms with Crippen LogP contribution in [-0.2, 0) is 28.6 Å². The van der Waals surface area contributed by atoms with Gasteiger partial charge in [-0.1, -0.05) is 332 Å². The second kappa shape index (κ2) is 62.6. The van der Waals surface area contributed by atoms with Crippen LogP contribution in [0.1, 0.15) is 335 Å². The van der Waals surface area contributed by atoms with Crippen LogP contribution in [-0.4, -0.2) is 37.2 Å². The molecule has 0 rings (SSSR count). The zero-order valence-corrected chi connectivity index (χ0v) is 49.4. The summed E-state index contributed by atoms with van der Waals surface area (Å²) in [5.41, 5.74) is 0. The molecule has 0 aromatic heterocycles. The average molecular weight is 1040 g/mol. The molecule has 74 heavy (non-hydrogen) atoms. The summed E-state index contributed by atoms with van der Waals surface area (Å²) in [5, 5.41) is 0. The van der Waals surface area contributed by atoms with Gasteiger partial charge < -0.3 is 14.2 Å². The summed E-state index contributed by atoms with van der Waals surface area (Å²) in [6.07, 6.45) is 79.8. The van der Waals surface area contributed by atoms with Gasteiger partial charge in [0.25, 0.3) is 0 Å². The summed E-state index contributed by atoms with van der Waals surface area (Å²) in [7, 11) is 0. The van der Waals surface area contributed by atoms with E-state index < -0.39 is 12.1 Å². The van der Waals surface area contributed by atoms with Crippen LogP contribution in [0.25, 0.3) is 0 Å². The number of unbranched alkanes of at least 4 members (excludes halogenated alkanes) is 39. The molecule has 6 nitrogen and oxygen atoms in total. The summed E-state index contributed by atoms with van der Waals surface area (Å²) in [5.74, 6) is -1.01. The lowest BCUT2D eigenvalue weighted by Crippen LogP contribution is -2.30. The van der Waals surface area contributed by atoms with E-state index in [1.165, 1.54) is 225 Å². The van der Waals surface area contributed by atoms with Gasteiger partial charge in [0.1, 0.15) is 13.2 Å². The van der Waals surface area contributed by atoms with E-state index in [-0.39, 0.29) is 31.6 Å². The molecule has 0 amide bonds. The number of hydrogen-bond acceptors (Lipinski definition) is 6. The molecule has 6 heteroatoms. The van der Waals surface area contributed by atoms with Crippen LogP contribution in [0.4, 0.5) is 0 Å². The van der Waals surface area contributed by atoms with Crippen molar-refractivity contribution in [3.8, 4) is 0 Å². The van der Waals surface area contributed by atoms with Crippen molar-refractivity contribution >= 4 is 17.9 Å². The highest BCUT2D eigenvalue weighted by Crippen LogP contribution is 2.18. The van der Waals surface area contributed by atoms with Crippen molar-refractivity contribution in [2.45, 2.75) is 341 Å². The van der Waals surface area contributed by atoms with E-state index in [9.17, 15) is 14.4 Å². The van der Waals surface area contributed by atoms with Crippen molar-refractivity contribution < 1.29 is 28.6 Å². The number of esters is 3. The number of ether oxygens (including phenoxy) is 3. The first kappa shape index (κ1) is 71.1. The van der Waals surface area contributed by atoms with Gasteiger partial charge in [-0.05, 0) is 44.9 Å². The van der Waals surface area contributed by atoms with E-state index in [1.807, 2.05) is 12.2 Å². The molecule has 0 aliphatic rings. The van der Waals surface area contributed by atoms with Gasteiger partial charge in [0.2, 0.25) is 0 Å². The monoisotopic (exact) mass is 1030 g/mol. The van der Waals surface area contributed by atoms with Crippen LogP contribution < -0.4 is 0 Å². The van der Waals surface area contributed by atoms with Gasteiger partial charge in [0.15, 0.2) is 6.10 Å². The maximum Gasteiger partial charge on any atom is 0.309 e. The fourth-order valence-corrected chi connectivity index (χ4v) is 9.52. The van der Waals surface area contributed by atoms with Gasteiger partial charge in [-0.25, -0.2) is 0 Å². The molecule has 0 heterocycles. The van der Waals surface area contributed by atoms with Crippen LogP contribution in [0.3, 0.4) is 0 Å². The van der Waals surface area contributed by atoms with Gasteiger partial charge in [0.05, 0.1) is 6.42 Å². The highest BCUT2D eigenvalue weighted by atomic mass is 16.6. The van der Waals surface area contributed by atoms with Gasteiger partial charge >= 0.3 is 17.9 Å². The molecule has 1 atom stereocenters. The second-order valence-electron chi connectivity index (χ2n) is 21.7. The Balaban J connectivity index is 4.36. The van der Waals surface area contributed by atoms with E-state index in [4.69, 9.17) is 14.2 Å². The molecule has 0 fully saturated rings. The molecule has 1 unspecified atom stereocenters. The zero-order chi connectivity index (χ0) is 53.6. The second-order valence-corrected chi connectivity index (χ2v) is 21.7. The molecule has 0 saturated carbocycles. The lowest BCUT2D eigenvalue weighted by molar-refractivity contribution is -0.166. The van der Waals surface area contributed by atoms with Crippen molar-refractivity contribution in [2.24, 2.45) is 0 Å². The Morgan fingerprint density at radius 1 is 0.284 bits per heavy atom. The molecule has 0 saturated heterocycles. The lowest BCUT2D eigenvalue weighted by atomic mass is 10.0. The molecule has 0 aromatic carbocycles. The number of carbonyl (C=O) groups is 3. The SMILES string of the molecule is CC/C=C\C/C=C\C/C=C\C/C=C\C/C=C\CC(=O)OCC(COC(=O)CCCCCCCCCCCCCCCCCCCCCCCC)OC(=O)CCCCCCCCCCCCCCCCCCCCC. The first-order valence-electron chi connectivity index (χ1n) is 32.3. The smallest absolute Gasteiger partial charge is 0.309 e. The fourth-order valence-electron chi connectivity index (χ4n) is 9.52. The fraction of sp³-hybridized carbons (Fsp3) is 0.809. The molecule has 0 spiro atoms. The Morgan fingerprint density at radius 2 is 0.527 bits per heavy atom. The van der Waals surface area contributed by atoms with E-state index in [1.54, 1.807) is 0 Å². The molecule has 0 aliphatic carbocycles. The van der Waals surface area contributed by atoms with Gasteiger partial charge in [0, 0.05) is 12.8 Å². The number of hydrogen-bond donors (Lipinski definition) is 0. The predicted octanol–water partition coefficient (Wildman–Crippen LogP) is 21.9. The highest BCUT2D eigenvalue weighted by molar-refractivity contribution is 5.72. The minimum absolute atomic E-state index is 0.0992. The molecule has 0 aromatic rings. The van der Waals surface area contributed by atoms with Gasteiger partial charge in [-0.2, -0.15) is 0 Å². The Labute approximate surface area is 460 Å². The normalized spacial score (nSPS) is 12.4. The van der Waals surface area contributed by atoms with Crippen LogP contribution in [0.5, 0.6) is 0 Å². The third-order valence-corrected chi connectivity index (χ3v) is 14.3. The van der Waals surface area contributed by atoms with Gasteiger partial charge in [-0.15, -0.1) is 0 Å². The molecular formula is C68H122O6. The molecule has 0 aliphatic heterocycles. The molecule has 0 radical (unpaired) electrons. The Bertz CT molecular complexity index is 1330. The maximum atomic E-state index is 12.9. The quantitative estimate of drug-likeness (QED) is 0.0261. The summed E-state index contributed by atoms with van der Waals surface area (Å²) in [4.78, 5) is 38.2. The molecule has 0 bridgehead atoms. The topological polar surface area (TPSA) is 78.9 Å². The summed E-state index contributed by atoms with van der Waals surface area (Å²) in [6.45, 7) is 6.50. The zero-order valence-electron chi connectivity index (χ0n) is 49.4. The number of carbonyl (C=O) groups excluding carboxylic acids is 3. The third-order valence-electron chi connectivity index (χ3n) is 14.3. The van der Waals surface area contributed by atoms with Crippen molar-refractivity contribution in [3.05, 3.63) is 60.8 Å². The highest BCUT2D eigenvalue weighted by Gasteiger charge is 2.19. The molecule has 0 N–H and O–H groups in total. The summed E-state index contributed by atoms with van der Waals surface area (Å²) >= 11 is 0.